The van der Waals surface area contributed by atoms with Gasteiger partial charge in [0, 0.05) is 31.5 Å². The first-order chi connectivity index (χ1) is 9.93. The second-order valence-corrected chi connectivity index (χ2v) is 5.27. The Balaban J connectivity index is 1.59. The average molecular weight is 301 g/mol. The lowest BCUT2D eigenvalue weighted by Gasteiger charge is -2.43. The predicted octanol–water partition coefficient (Wildman–Crippen LogP) is 0.913. The average Bonchev–Trinajstić information content (AvgIpc) is 2.33. The van der Waals surface area contributed by atoms with Crippen LogP contribution in [0, 0.1) is 0 Å². The fraction of sp³-hybridized carbons (Fsp3) is 0.538. The van der Waals surface area contributed by atoms with Crippen LogP contribution in [0.4, 0.5) is 13.2 Å². The molecule has 1 aromatic rings. The van der Waals surface area contributed by atoms with Crippen molar-refractivity contribution in [2.45, 2.75) is 18.3 Å². The van der Waals surface area contributed by atoms with Crippen molar-refractivity contribution in [3.05, 3.63) is 29.6 Å². The summed E-state index contributed by atoms with van der Waals surface area (Å²) in [5, 5.41) is 3.31. The third-order valence-corrected chi connectivity index (χ3v) is 3.59. The molecule has 1 amide bonds. The Bertz CT molecular complexity index is 540. The number of rotatable bonds is 3. The van der Waals surface area contributed by atoms with E-state index in [4.69, 9.17) is 4.74 Å². The SMILES string of the molecule is O=C(c1cncc(C(F)(F)F)c1)N1CC(NC2COC2)C1. The van der Waals surface area contributed by atoms with E-state index < -0.39 is 17.6 Å². The summed E-state index contributed by atoms with van der Waals surface area (Å²) in [6.07, 6.45) is -2.61. The minimum absolute atomic E-state index is 0.0322. The molecule has 2 aliphatic rings. The first kappa shape index (κ1) is 14.3. The van der Waals surface area contributed by atoms with Crippen LogP contribution >= 0.6 is 0 Å². The summed E-state index contributed by atoms with van der Waals surface area (Å²) in [6, 6.07) is 1.35. The highest BCUT2D eigenvalue weighted by atomic mass is 19.4. The maximum absolute atomic E-state index is 12.6. The molecule has 8 heteroatoms. The Morgan fingerprint density at radius 3 is 2.57 bits per heavy atom. The van der Waals surface area contributed by atoms with Crippen LogP contribution in [-0.4, -0.2) is 54.2 Å². The summed E-state index contributed by atoms with van der Waals surface area (Å²) in [4.78, 5) is 17.1. The highest BCUT2D eigenvalue weighted by molar-refractivity contribution is 5.94. The number of likely N-dealkylation sites (tertiary alicyclic amines) is 1. The fourth-order valence-electron chi connectivity index (χ4n) is 2.31. The van der Waals surface area contributed by atoms with Gasteiger partial charge in [0.1, 0.15) is 0 Å². The minimum Gasteiger partial charge on any atom is -0.378 e. The van der Waals surface area contributed by atoms with E-state index in [1.165, 1.54) is 4.90 Å². The largest absolute Gasteiger partial charge is 0.417 e. The van der Waals surface area contributed by atoms with E-state index in [0.717, 1.165) is 12.3 Å². The zero-order valence-corrected chi connectivity index (χ0v) is 11.1. The summed E-state index contributed by atoms with van der Waals surface area (Å²) in [7, 11) is 0. The Labute approximate surface area is 119 Å². The molecular weight excluding hydrogens is 287 g/mol. The zero-order valence-electron chi connectivity index (χ0n) is 11.1. The summed E-state index contributed by atoms with van der Waals surface area (Å²) in [6.45, 7) is 2.32. The van der Waals surface area contributed by atoms with Crippen LogP contribution < -0.4 is 5.32 Å². The summed E-state index contributed by atoms with van der Waals surface area (Å²) < 4.78 is 42.8. The van der Waals surface area contributed by atoms with Crippen molar-refractivity contribution in [2.24, 2.45) is 0 Å². The topological polar surface area (TPSA) is 54.5 Å². The van der Waals surface area contributed by atoms with Gasteiger partial charge in [-0.3, -0.25) is 9.78 Å². The van der Waals surface area contributed by atoms with E-state index in [1.54, 1.807) is 0 Å². The molecule has 0 radical (unpaired) electrons. The normalized spacial score (nSPS) is 20.0. The molecule has 21 heavy (non-hydrogen) atoms. The molecule has 3 rings (SSSR count). The smallest absolute Gasteiger partial charge is 0.378 e. The zero-order chi connectivity index (χ0) is 15.0. The number of carbonyl (C=O) groups excluding carboxylic acids is 1. The van der Waals surface area contributed by atoms with Crippen molar-refractivity contribution in [1.29, 1.82) is 0 Å². The Hall–Kier alpha value is -1.67. The molecule has 1 N–H and O–H groups in total. The molecule has 114 valence electrons. The lowest BCUT2D eigenvalue weighted by Crippen LogP contribution is -2.64. The van der Waals surface area contributed by atoms with Gasteiger partial charge in [-0.1, -0.05) is 0 Å². The second kappa shape index (κ2) is 5.27. The Morgan fingerprint density at radius 2 is 2.00 bits per heavy atom. The van der Waals surface area contributed by atoms with E-state index in [9.17, 15) is 18.0 Å². The van der Waals surface area contributed by atoms with Crippen LogP contribution in [0.15, 0.2) is 18.5 Å². The van der Waals surface area contributed by atoms with Crippen molar-refractivity contribution in [2.75, 3.05) is 26.3 Å². The monoisotopic (exact) mass is 301 g/mol. The molecule has 2 aliphatic heterocycles. The van der Waals surface area contributed by atoms with E-state index in [2.05, 4.69) is 10.3 Å². The molecule has 5 nitrogen and oxygen atoms in total. The molecule has 1 aromatic heterocycles. The van der Waals surface area contributed by atoms with Crippen LogP contribution in [-0.2, 0) is 10.9 Å². The molecule has 0 atom stereocenters. The number of pyridine rings is 1. The summed E-state index contributed by atoms with van der Waals surface area (Å²) >= 11 is 0. The lowest BCUT2D eigenvalue weighted by atomic mass is 10.0. The quantitative estimate of drug-likeness (QED) is 0.902. The molecule has 0 bridgehead atoms. The van der Waals surface area contributed by atoms with Crippen LogP contribution in [0.3, 0.4) is 0 Å². The highest BCUT2D eigenvalue weighted by Gasteiger charge is 2.36. The number of nitrogens with zero attached hydrogens (tertiary/aromatic N) is 2. The minimum atomic E-state index is -4.49. The number of halogens is 3. The maximum atomic E-state index is 12.6. The molecule has 0 spiro atoms. The first-order valence-corrected chi connectivity index (χ1v) is 6.59. The second-order valence-electron chi connectivity index (χ2n) is 5.27. The molecule has 0 aliphatic carbocycles. The highest BCUT2D eigenvalue weighted by Crippen LogP contribution is 2.29. The van der Waals surface area contributed by atoms with Crippen molar-refractivity contribution < 1.29 is 22.7 Å². The number of alkyl halides is 3. The summed E-state index contributed by atoms with van der Waals surface area (Å²) in [5.74, 6) is -0.420. The number of aromatic nitrogens is 1. The molecule has 2 fully saturated rings. The molecular formula is C13H14F3N3O2. The van der Waals surface area contributed by atoms with E-state index >= 15 is 0 Å². The maximum Gasteiger partial charge on any atom is 0.417 e. The molecule has 3 heterocycles. The van der Waals surface area contributed by atoms with E-state index in [1.807, 2.05) is 0 Å². The number of amides is 1. The molecule has 0 unspecified atom stereocenters. The number of hydrogen-bond acceptors (Lipinski definition) is 4. The van der Waals surface area contributed by atoms with Crippen molar-refractivity contribution in [3.8, 4) is 0 Å². The van der Waals surface area contributed by atoms with Gasteiger partial charge >= 0.3 is 6.18 Å². The van der Waals surface area contributed by atoms with Crippen LogP contribution in [0.25, 0.3) is 0 Å². The van der Waals surface area contributed by atoms with Gasteiger partial charge in [0.2, 0.25) is 0 Å². The molecule has 0 saturated carbocycles. The Kier molecular flexibility index (Phi) is 3.58. The van der Waals surface area contributed by atoms with Gasteiger partial charge in [-0.2, -0.15) is 13.2 Å². The predicted molar refractivity (Wildman–Crippen MR) is 66.7 cm³/mol. The van der Waals surface area contributed by atoms with Gasteiger partial charge in [0.15, 0.2) is 0 Å². The van der Waals surface area contributed by atoms with Gasteiger partial charge in [0.05, 0.1) is 30.4 Å². The Morgan fingerprint density at radius 1 is 1.29 bits per heavy atom. The van der Waals surface area contributed by atoms with Gasteiger partial charge in [-0.15, -0.1) is 0 Å². The van der Waals surface area contributed by atoms with E-state index in [0.29, 0.717) is 38.5 Å². The van der Waals surface area contributed by atoms with Crippen LogP contribution in [0.1, 0.15) is 15.9 Å². The third kappa shape index (κ3) is 3.01. The van der Waals surface area contributed by atoms with E-state index in [-0.39, 0.29) is 11.6 Å². The fourth-order valence-corrected chi connectivity index (χ4v) is 2.31. The van der Waals surface area contributed by atoms with Gasteiger partial charge in [-0.25, -0.2) is 0 Å². The van der Waals surface area contributed by atoms with Gasteiger partial charge < -0.3 is 15.0 Å². The lowest BCUT2D eigenvalue weighted by molar-refractivity contribution is -0.137. The number of carbonyl (C=O) groups is 1. The first-order valence-electron chi connectivity index (χ1n) is 6.59. The van der Waals surface area contributed by atoms with Crippen LogP contribution in [0.5, 0.6) is 0 Å². The van der Waals surface area contributed by atoms with Gasteiger partial charge in [0.25, 0.3) is 5.91 Å². The number of ether oxygens (including phenoxy) is 1. The van der Waals surface area contributed by atoms with Crippen LogP contribution in [0.2, 0.25) is 0 Å². The van der Waals surface area contributed by atoms with Crippen molar-refractivity contribution >= 4 is 5.91 Å². The standard InChI is InChI=1S/C13H14F3N3O2/c14-13(15,16)9-1-8(2-17-3-9)12(20)19-4-10(5-19)18-11-6-21-7-11/h1-3,10-11,18H,4-7H2. The van der Waals surface area contributed by atoms with Crippen molar-refractivity contribution in [1.82, 2.24) is 15.2 Å². The van der Waals surface area contributed by atoms with Crippen molar-refractivity contribution in [3.63, 3.8) is 0 Å². The third-order valence-electron chi connectivity index (χ3n) is 3.59. The molecule has 0 aromatic carbocycles. The van der Waals surface area contributed by atoms with Gasteiger partial charge in [-0.05, 0) is 6.07 Å². The summed E-state index contributed by atoms with van der Waals surface area (Å²) in [5.41, 5.74) is -0.939. The number of hydrogen-bond donors (Lipinski definition) is 1. The number of nitrogens with one attached hydrogen (secondary N) is 1. The molecule has 2 saturated heterocycles.